The molecule has 0 saturated heterocycles. The molecule has 0 atom stereocenters. The lowest BCUT2D eigenvalue weighted by molar-refractivity contribution is 0.948. The third-order valence-electron chi connectivity index (χ3n) is 1.63. The van der Waals surface area contributed by atoms with Crippen LogP contribution in [0.15, 0.2) is 30.6 Å². The van der Waals surface area contributed by atoms with Crippen LogP contribution in [0.4, 0.5) is 0 Å². The predicted molar refractivity (Wildman–Crippen MR) is 56.7 cm³/mol. The molecule has 2 heterocycles. The predicted octanol–water partition coefficient (Wildman–Crippen LogP) is 2.99. The first kappa shape index (κ1) is 9.78. The first-order valence-corrected chi connectivity index (χ1v) is 4.65. The van der Waals surface area contributed by atoms with Gasteiger partial charge in [0.05, 0.1) is 0 Å². The summed E-state index contributed by atoms with van der Waals surface area (Å²) in [5, 5.41) is 1.20. The molecule has 2 aromatic heterocycles. The minimum Gasteiger partial charge on any atom is -0.336 e. The summed E-state index contributed by atoms with van der Waals surface area (Å²) in [6.45, 7) is 4.25. The first-order chi connectivity index (χ1) is 6.29. The molecule has 2 rings (SSSR count). The average molecular weight is 176 g/mol. The number of aryl methyl sites for hydroxylation is 1. The van der Waals surface area contributed by atoms with Crippen molar-refractivity contribution in [3.63, 3.8) is 0 Å². The lowest BCUT2D eigenvalue weighted by atomic mass is 10.3. The fourth-order valence-electron chi connectivity index (χ4n) is 1.10. The first-order valence-electron chi connectivity index (χ1n) is 4.65. The van der Waals surface area contributed by atoms with Crippen LogP contribution in [0, 0.1) is 0 Å². The van der Waals surface area contributed by atoms with Crippen molar-refractivity contribution < 1.29 is 0 Å². The van der Waals surface area contributed by atoms with Gasteiger partial charge in [-0.1, -0.05) is 20.3 Å². The van der Waals surface area contributed by atoms with Crippen molar-refractivity contribution in [2.75, 3.05) is 0 Å². The minimum absolute atomic E-state index is 1.04. The second-order valence-electron chi connectivity index (χ2n) is 3.05. The van der Waals surface area contributed by atoms with Gasteiger partial charge < -0.3 is 4.57 Å². The van der Waals surface area contributed by atoms with Crippen molar-refractivity contribution in [1.29, 1.82) is 0 Å². The van der Waals surface area contributed by atoms with Crippen LogP contribution in [0.3, 0.4) is 0 Å². The van der Waals surface area contributed by atoms with Gasteiger partial charge in [-0.3, -0.25) is 0 Å². The van der Waals surface area contributed by atoms with Crippen LogP contribution in [0.5, 0.6) is 0 Å². The monoisotopic (exact) mass is 176 g/mol. The summed E-state index contributed by atoms with van der Waals surface area (Å²) >= 11 is 0. The Hall–Kier alpha value is -1.31. The molecule has 0 unspecified atom stereocenters. The van der Waals surface area contributed by atoms with E-state index in [1.54, 1.807) is 0 Å². The SMILES string of the molecule is CCC.Cn1ccc2cccnc21. The summed E-state index contributed by atoms with van der Waals surface area (Å²) < 4.78 is 2.01. The maximum absolute atomic E-state index is 4.20. The molecule has 0 saturated carbocycles. The molecule has 2 nitrogen and oxygen atoms in total. The van der Waals surface area contributed by atoms with Crippen molar-refractivity contribution in [1.82, 2.24) is 9.55 Å². The molecule has 2 aromatic rings. The molecule has 13 heavy (non-hydrogen) atoms. The Labute approximate surface area is 79.2 Å². The van der Waals surface area contributed by atoms with E-state index >= 15 is 0 Å². The number of hydrogen-bond acceptors (Lipinski definition) is 1. The molecular formula is C11H16N2. The maximum atomic E-state index is 4.20. The van der Waals surface area contributed by atoms with Crippen LogP contribution >= 0.6 is 0 Å². The Bertz CT molecular complexity index is 363. The van der Waals surface area contributed by atoms with Gasteiger partial charge in [-0.25, -0.2) is 4.98 Å². The summed E-state index contributed by atoms with van der Waals surface area (Å²) in [7, 11) is 2.00. The van der Waals surface area contributed by atoms with Gasteiger partial charge in [-0.2, -0.15) is 0 Å². The normalized spacial score (nSPS) is 9.46. The average Bonchev–Trinajstić information content (AvgIpc) is 2.50. The number of pyridine rings is 1. The highest BCUT2D eigenvalue weighted by Gasteiger charge is 1.93. The Balaban J connectivity index is 0.000000251. The van der Waals surface area contributed by atoms with Crippen LogP contribution in [0.2, 0.25) is 0 Å². The fraction of sp³-hybridized carbons (Fsp3) is 0.364. The summed E-state index contributed by atoms with van der Waals surface area (Å²) in [5.74, 6) is 0. The topological polar surface area (TPSA) is 17.8 Å². The Morgan fingerprint density at radius 3 is 2.62 bits per heavy atom. The van der Waals surface area contributed by atoms with Gasteiger partial charge in [0.25, 0.3) is 0 Å². The van der Waals surface area contributed by atoms with Crippen LogP contribution in [0.1, 0.15) is 20.3 Å². The smallest absolute Gasteiger partial charge is 0.139 e. The molecule has 0 N–H and O–H groups in total. The molecule has 0 bridgehead atoms. The molecule has 0 aliphatic carbocycles. The molecule has 70 valence electrons. The van der Waals surface area contributed by atoms with Crippen molar-refractivity contribution >= 4 is 11.0 Å². The molecule has 0 aliphatic rings. The fourth-order valence-corrected chi connectivity index (χ4v) is 1.10. The van der Waals surface area contributed by atoms with E-state index in [0.717, 1.165) is 5.65 Å². The Morgan fingerprint density at radius 2 is 2.00 bits per heavy atom. The number of fused-ring (bicyclic) bond motifs is 1. The molecule has 0 spiro atoms. The third-order valence-corrected chi connectivity index (χ3v) is 1.63. The van der Waals surface area contributed by atoms with Crippen LogP contribution in [-0.2, 0) is 7.05 Å². The third kappa shape index (κ3) is 2.31. The second kappa shape index (κ2) is 4.65. The van der Waals surface area contributed by atoms with Crippen LogP contribution in [-0.4, -0.2) is 9.55 Å². The van der Waals surface area contributed by atoms with Gasteiger partial charge in [0, 0.05) is 24.8 Å². The highest BCUT2D eigenvalue weighted by atomic mass is 15.0. The zero-order valence-corrected chi connectivity index (χ0v) is 8.49. The van der Waals surface area contributed by atoms with Gasteiger partial charge in [0.15, 0.2) is 0 Å². The number of rotatable bonds is 0. The zero-order valence-electron chi connectivity index (χ0n) is 8.49. The van der Waals surface area contributed by atoms with Gasteiger partial charge in [-0.15, -0.1) is 0 Å². The van der Waals surface area contributed by atoms with E-state index in [9.17, 15) is 0 Å². The number of hydrogen-bond donors (Lipinski definition) is 0. The summed E-state index contributed by atoms with van der Waals surface area (Å²) in [4.78, 5) is 4.20. The van der Waals surface area contributed by atoms with Gasteiger partial charge >= 0.3 is 0 Å². The second-order valence-corrected chi connectivity index (χ2v) is 3.05. The van der Waals surface area contributed by atoms with Crippen molar-refractivity contribution in [2.24, 2.45) is 7.05 Å². The number of aromatic nitrogens is 2. The van der Waals surface area contributed by atoms with Crippen molar-refractivity contribution in [3.8, 4) is 0 Å². The van der Waals surface area contributed by atoms with Crippen molar-refractivity contribution in [2.45, 2.75) is 20.3 Å². The largest absolute Gasteiger partial charge is 0.336 e. The van der Waals surface area contributed by atoms with Crippen LogP contribution < -0.4 is 0 Å². The Kier molecular flexibility index (Phi) is 3.50. The minimum atomic E-state index is 1.04. The van der Waals surface area contributed by atoms with Crippen molar-refractivity contribution in [3.05, 3.63) is 30.6 Å². The highest BCUT2D eigenvalue weighted by Crippen LogP contribution is 2.09. The Morgan fingerprint density at radius 1 is 1.31 bits per heavy atom. The standard InChI is InChI=1S/C8H8N2.C3H8/c1-10-6-4-7-3-2-5-9-8(7)10;1-3-2/h2-6H,1H3;3H2,1-2H3. The van der Waals surface area contributed by atoms with E-state index in [0.29, 0.717) is 0 Å². The molecule has 2 heteroatoms. The van der Waals surface area contributed by atoms with E-state index in [1.165, 1.54) is 11.8 Å². The highest BCUT2D eigenvalue weighted by molar-refractivity contribution is 5.75. The number of nitrogens with zero attached hydrogens (tertiary/aromatic N) is 2. The summed E-state index contributed by atoms with van der Waals surface area (Å²) in [5.41, 5.74) is 1.04. The maximum Gasteiger partial charge on any atom is 0.139 e. The van der Waals surface area contributed by atoms with Gasteiger partial charge in [0.1, 0.15) is 5.65 Å². The molecule has 0 fully saturated rings. The van der Waals surface area contributed by atoms with E-state index in [1.807, 2.05) is 30.1 Å². The quantitative estimate of drug-likeness (QED) is 0.603. The van der Waals surface area contributed by atoms with Gasteiger partial charge in [0.2, 0.25) is 0 Å². The van der Waals surface area contributed by atoms with E-state index in [4.69, 9.17) is 0 Å². The van der Waals surface area contributed by atoms with Crippen LogP contribution in [0.25, 0.3) is 11.0 Å². The summed E-state index contributed by atoms with van der Waals surface area (Å²) in [6, 6.07) is 6.06. The van der Waals surface area contributed by atoms with E-state index in [2.05, 4.69) is 31.0 Å². The molecule has 0 radical (unpaired) electrons. The van der Waals surface area contributed by atoms with E-state index in [-0.39, 0.29) is 0 Å². The van der Waals surface area contributed by atoms with E-state index < -0.39 is 0 Å². The molecule has 0 amide bonds. The summed E-state index contributed by atoms with van der Waals surface area (Å²) in [6.07, 6.45) is 5.07. The zero-order chi connectivity index (χ0) is 9.68. The molecular weight excluding hydrogens is 160 g/mol. The lowest BCUT2D eigenvalue weighted by Gasteiger charge is -1.91. The molecule has 0 aromatic carbocycles. The van der Waals surface area contributed by atoms with Gasteiger partial charge in [-0.05, 0) is 18.2 Å². The molecule has 0 aliphatic heterocycles. The lowest BCUT2D eigenvalue weighted by Crippen LogP contribution is -1.85.